The molecule has 3 heterocycles. The first-order valence-corrected chi connectivity index (χ1v) is 13.5. The number of aromatic nitrogens is 1. The number of nitrogens with zero attached hydrogens (tertiary/aromatic N) is 2. The molecule has 5 aromatic rings. The van der Waals surface area contributed by atoms with Gasteiger partial charge in [-0.2, -0.15) is 0 Å². The van der Waals surface area contributed by atoms with Crippen molar-refractivity contribution in [2.45, 2.75) is 25.2 Å². The molecule has 2 atom stereocenters. The highest BCUT2D eigenvalue weighted by atomic mass is 15.0. The van der Waals surface area contributed by atoms with Gasteiger partial charge in [-0.3, -0.25) is 4.99 Å². The van der Waals surface area contributed by atoms with Crippen molar-refractivity contribution >= 4 is 33.2 Å². The van der Waals surface area contributed by atoms with Gasteiger partial charge in [0, 0.05) is 39.3 Å². The minimum atomic E-state index is -0.0556. The number of benzene rings is 4. The largest absolute Gasteiger partial charge is 0.309 e. The van der Waals surface area contributed by atoms with E-state index in [1.54, 1.807) is 0 Å². The molecule has 0 fully saturated rings. The van der Waals surface area contributed by atoms with E-state index in [1.807, 2.05) is 0 Å². The zero-order valence-electron chi connectivity index (χ0n) is 21.6. The molecular weight excluding hydrogens is 460 g/mol. The van der Waals surface area contributed by atoms with Crippen LogP contribution in [0, 0.1) is 5.92 Å². The average molecular weight is 489 g/mol. The van der Waals surface area contributed by atoms with Gasteiger partial charge in [0.2, 0.25) is 0 Å². The third-order valence-electron chi connectivity index (χ3n) is 8.77. The summed E-state index contributed by atoms with van der Waals surface area (Å²) in [6.07, 6.45) is 11.1. The Morgan fingerprint density at radius 2 is 1.55 bits per heavy atom. The summed E-state index contributed by atoms with van der Waals surface area (Å²) < 4.78 is 2.48. The van der Waals surface area contributed by atoms with Crippen LogP contribution >= 0.6 is 0 Å². The molecule has 0 N–H and O–H groups in total. The lowest BCUT2D eigenvalue weighted by Gasteiger charge is -2.34. The number of hydrogen-bond acceptors (Lipinski definition) is 1. The second-order valence-electron chi connectivity index (χ2n) is 11.2. The smallest absolute Gasteiger partial charge is 0.0672 e. The highest BCUT2D eigenvalue weighted by Gasteiger charge is 2.35. The van der Waals surface area contributed by atoms with Crippen molar-refractivity contribution in [3.8, 4) is 5.69 Å². The van der Waals surface area contributed by atoms with E-state index in [4.69, 9.17) is 4.99 Å². The van der Waals surface area contributed by atoms with Crippen molar-refractivity contribution in [1.29, 1.82) is 0 Å². The highest BCUT2D eigenvalue weighted by molar-refractivity contribution is 6.12. The molecule has 0 spiro atoms. The van der Waals surface area contributed by atoms with Crippen molar-refractivity contribution < 1.29 is 0 Å². The first kappa shape index (κ1) is 21.6. The van der Waals surface area contributed by atoms with E-state index in [0.717, 1.165) is 11.4 Å². The molecule has 3 aliphatic rings. The number of aliphatic imine (C=N–C) groups is 1. The number of para-hydroxylation sites is 2. The molecule has 0 saturated heterocycles. The standard InChI is InChI=1S/C36H28N2/c1-36(2)29-15-7-9-18-34(29)38-33-20-19-24(21-28(33)26-14-10-16-30(36)35(26)38)32-22-27(23-11-4-3-5-12-23)25-13-6-8-17-31(25)37-32/h3-22,25,27H,1-2H3. The summed E-state index contributed by atoms with van der Waals surface area (Å²) in [6, 6.07) is 33.4. The van der Waals surface area contributed by atoms with Gasteiger partial charge in [-0.15, -0.1) is 0 Å². The minimum Gasteiger partial charge on any atom is -0.309 e. The van der Waals surface area contributed by atoms with Crippen molar-refractivity contribution in [3.05, 3.63) is 144 Å². The number of rotatable bonds is 2. The fourth-order valence-electron chi connectivity index (χ4n) is 6.88. The third kappa shape index (κ3) is 2.92. The molecule has 0 radical (unpaired) electrons. The Hall–Kier alpha value is -4.43. The molecular formula is C36H28N2. The first-order chi connectivity index (χ1) is 18.6. The topological polar surface area (TPSA) is 17.3 Å². The van der Waals surface area contributed by atoms with Gasteiger partial charge in [-0.1, -0.05) is 105 Å². The second-order valence-corrected chi connectivity index (χ2v) is 11.2. The monoisotopic (exact) mass is 488 g/mol. The molecule has 0 saturated carbocycles. The molecule has 182 valence electrons. The number of hydrogen-bond donors (Lipinski definition) is 0. The van der Waals surface area contributed by atoms with Crippen LogP contribution in [-0.2, 0) is 5.41 Å². The van der Waals surface area contributed by atoms with Gasteiger partial charge >= 0.3 is 0 Å². The van der Waals surface area contributed by atoms with E-state index in [2.05, 4.69) is 140 Å². The maximum absolute atomic E-state index is 5.19. The Kier molecular flexibility index (Phi) is 4.43. The van der Waals surface area contributed by atoms with Crippen LogP contribution in [0.2, 0.25) is 0 Å². The van der Waals surface area contributed by atoms with Crippen LogP contribution in [0.25, 0.3) is 33.2 Å². The fraction of sp³-hybridized carbons (Fsp3) is 0.139. The Morgan fingerprint density at radius 3 is 2.45 bits per heavy atom. The van der Waals surface area contributed by atoms with Crippen LogP contribution in [0.5, 0.6) is 0 Å². The lowest BCUT2D eigenvalue weighted by Crippen LogP contribution is -2.26. The Labute approximate surface area is 223 Å². The second kappa shape index (κ2) is 7.79. The molecule has 2 aliphatic heterocycles. The third-order valence-corrected chi connectivity index (χ3v) is 8.77. The van der Waals surface area contributed by atoms with Crippen LogP contribution < -0.4 is 0 Å². The Morgan fingerprint density at radius 1 is 0.737 bits per heavy atom. The van der Waals surface area contributed by atoms with Gasteiger partial charge in [-0.25, -0.2) is 0 Å². The predicted octanol–water partition coefficient (Wildman–Crippen LogP) is 8.74. The van der Waals surface area contributed by atoms with Gasteiger partial charge in [0.15, 0.2) is 0 Å². The lowest BCUT2D eigenvalue weighted by atomic mass is 9.75. The molecule has 0 amide bonds. The molecule has 2 unspecified atom stereocenters. The summed E-state index contributed by atoms with van der Waals surface area (Å²) in [7, 11) is 0. The van der Waals surface area contributed by atoms with E-state index in [9.17, 15) is 0 Å². The van der Waals surface area contributed by atoms with Gasteiger partial charge in [0.25, 0.3) is 0 Å². The van der Waals surface area contributed by atoms with Crippen molar-refractivity contribution in [2.24, 2.45) is 10.9 Å². The highest BCUT2D eigenvalue weighted by Crippen LogP contribution is 2.48. The van der Waals surface area contributed by atoms with Crippen LogP contribution in [0.3, 0.4) is 0 Å². The maximum Gasteiger partial charge on any atom is 0.0672 e. The van der Waals surface area contributed by atoms with E-state index in [1.165, 1.54) is 49.7 Å². The normalized spacial score (nSPS) is 20.7. The first-order valence-electron chi connectivity index (χ1n) is 13.5. The molecule has 8 rings (SSSR count). The quantitative estimate of drug-likeness (QED) is 0.236. The van der Waals surface area contributed by atoms with E-state index < -0.39 is 0 Å². The zero-order chi connectivity index (χ0) is 25.4. The molecule has 1 aromatic heterocycles. The maximum atomic E-state index is 5.19. The van der Waals surface area contributed by atoms with Gasteiger partial charge in [0.1, 0.15) is 0 Å². The Bertz CT molecular complexity index is 1890. The number of allylic oxidation sites excluding steroid dienone is 5. The number of fused-ring (bicyclic) bond motifs is 6. The SMILES string of the molecule is CC1(C)c2ccccc2-n2c3ccc(C4=CC(c5ccccc5)C5C=CC=CC5=N4)cc3c3cccc1c32. The summed E-state index contributed by atoms with van der Waals surface area (Å²) >= 11 is 0. The summed E-state index contributed by atoms with van der Waals surface area (Å²) in [4.78, 5) is 5.19. The summed E-state index contributed by atoms with van der Waals surface area (Å²) in [5.41, 5.74) is 11.3. The molecule has 4 aromatic carbocycles. The minimum absolute atomic E-state index is 0.0556. The van der Waals surface area contributed by atoms with Gasteiger partial charge < -0.3 is 4.57 Å². The van der Waals surface area contributed by atoms with Crippen LogP contribution in [0.1, 0.15) is 42.0 Å². The zero-order valence-corrected chi connectivity index (χ0v) is 21.6. The average Bonchev–Trinajstić information content (AvgIpc) is 3.30. The van der Waals surface area contributed by atoms with Crippen molar-refractivity contribution in [1.82, 2.24) is 4.57 Å². The summed E-state index contributed by atoms with van der Waals surface area (Å²) in [5, 5.41) is 2.59. The van der Waals surface area contributed by atoms with Gasteiger partial charge in [-0.05, 0) is 47.0 Å². The Balaban J connectivity index is 1.37. The van der Waals surface area contributed by atoms with Gasteiger partial charge in [0.05, 0.1) is 22.4 Å². The molecule has 2 nitrogen and oxygen atoms in total. The fourth-order valence-corrected chi connectivity index (χ4v) is 6.88. The van der Waals surface area contributed by atoms with E-state index in [0.29, 0.717) is 0 Å². The molecule has 38 heavy (non-hydrogen) atoms. The van der Waals surface area contributed by atoms with Crippen molar-refractivity contribution in [2.75, 3.05) is 0 Å². The lowest BCUT2D eigenvalue weighted by molar-refractivity contribution is 0.630. The van der Waals surface area contributed by atoms with E-state index in [-0.39, 0.29) is 17.3 Å². The van der Waals surface area contributed by atoms with Crippen LogP contribution in [0.4, 0.5) is 0 Å². The van der Waals surface area contributed by atoms with Crippen molar-refractivity contribution in [3.63, 3.8) is 0 Å². The predicted molar refractivity (Wildman–Crippen MR) is 159 cm³/mol. The molecule has 2 heteroatoms. The van der Waals surface area contributed by atoms with Crippen LogP contribution in [-0.4, -0.2) is 10.3 Å². The van der Waals surface area contributed by atoms with Crippen LogP contribution in [0.15, 0.2) is 126 Å². The summed E-state index contributed by atoms with van der Waals surface area (Å²) in [6.45, 7) is 4.70. The molecule has 0 bridgehead atoms. The summed E-state index contributed by atoms with van der Waals surface area (Å²) in [5.74, 6) is 0.533. The van der Waals surface area contributed by atoms with E-state index >= 15 is 0 Å². The molecule has 1 aliphatic carbocycles.